The summed E-state index contributed by atoms with van der Waals surface area (Å²) in [6.07, 6.45) is 0. The Bertz CT molecular complexity index is 79.1. The summed E-state index contributed by atoms with van der Waals surface area (Å²) in [5.74, 6) is 0.595. The first-order valence-electron chi connectivity index (χ1n) is 3.61. The molecule has 2 atom stereocenters. The summed E-state index contributed by atoms with van der Waals surface area (Å²) in [5.41, 5.74) is 6.08. The first-order valence-corrected chi connectivity index (χ1v) is 3.61. The Morgan fingerprint density at radius 1 is 1.11 bits per heavy atom. The van der Waals surface area contributed by atoms with E-state index in [2.05, 4.69) is 34.6 Å². The molecular weight excluding hydrogens is 110 g/mol. The van der Waals surface area contributed by atoms with Gasteiger partial charge in [0.1, 0.15) is 0 Å². The van der Waals surface area contributed by atoms with Gasteiger partial charge in [-0.3, -0.25) is 0 Å². The maximum Gasteiger partial charge on any atom is 0.00411 e. The van der Waals surface area contributed by atoms with E-state index in [1.807, 2.05) is 0 Å². The summed E-state index contributed by atoms with van der Waals surface area (Å²) in [7, 11) is 0. The first kappa shape index (κ1) is 8.96. The average Bonchev–Trinajstić information content (AvgIpc) is 1.62. The molecule has 2 N–H and O–H groups in total. The van der Waals surface area contributed by atoms with Crippen molar-refractivity contribution in [2.45, 2.75) is 40.7 Å². The number of hydrogen-bond acceptors (Lipinski definition) is 1. The van der Waals surface area contributed by atoms with Gasteiger partial charge in [0.2, 0.25) is 0 Å². The topological polar surface area (TPSA) is 26.0 Å². The maximum absolute atomic E-state index is 5.72. The fraction of sp³-hybridized carbons (Fsp3) is 1.00. The second-order valence-electron chi connectivity index (χ2n) is 4.01. The van der Waals surface area contributed by atoms with Crippen LogP contribution in [0.5, 0.6) is 0 Å². The molecule has 0 rings (SSSR count). The van der Waals surface area contributed by atoms with Crippen LogP contribution in [0, 0.1) is 11.3 Å². The minimum atomic E-state index is 0.310. The van der Waals surface area contributed by atoms with Crippen LogP contribution in [0.3, 0.4) is 0 Å². The van der Waals surface area contributed by atoms with Gasteiger partial charge in [0, 0.05) is 6.04 Å². The SMILES string of the molecule is C[C@H](N)[C@@H](C)C(C)(C)C. The molecular formula is C8H19N. The van der Waals surface area contributed by atoms with Crippen LogP contribution in [0.2, 0.25) is 0 Å². The van der Waals surface area contributed by atoms with E-state index in [9.17, 15) is 0 Å². The van der Waals surface area contributed by atoms with Crippen LogP contribution in [-0.2, 0) is 0 Å². The quantitative estimate of drug-likeness (QED) is 0.576. The summed E-state index contributed by atoms with van der Waals surface area (Å²) in [5, 5.41) is 0. The molecule has 0 unspecified atom stereocenters. The van der Waals surface area contributed by atoms with Crippen LogP contribution in [0.15, 0.2) is 0 Å². The molecule has 56 valence electrons. The second-order valence-corrected chi connectivity index (χ2v) is 4.01. The van der Waals surface area contributed by atoms with Gasteiger partial charge < -0.3 is 5.73 Å². The van der Waals surface area contributed by atoms with Crippen molar-refractivity contribution in [1.82, 2.24) is 0 Å². The van der Waals surface area contributed by atoms with Gasteiger partial charge in [0.25, 0.3) is 0 Å². The zero-order chi connectivity index (χ0) is 7.65. The van der Waals surface area contributed by atoms with Gasteiger partial charge in [0.15, 0.2) is 0 Å². The largest absolute Gasteiger partial charge is 0.328 e. The van der Waals surface area contributed by atoms with Gasteiger partial charge >= 0.3 is 0 Å². The van der Waals surface area contributed by atoms with E-state index >= 15 is 0 Å². The molecule has 0 fully saturated rings. The fourth-order valence-corrected chi connectivity index (χ4v) is 0.789. The molecule has 0 aliphatic carbocycles. The molecule has 0 heterocycles. The van der Waals surface area contributed by atoms with Crippen molar-refractivity contribution in [2.24, 2.45) is 17.1 Å². The van der Waals surface area contributed by atoms with E-state index in [1.54, 1.807) is 0 Å². The van der Waals surface area contributed by atoms with Crippen LogP contribution < -0.4 is 5.73 Å². The lowest BCUT2D eigenvalue weighted by Crippen LogP contribution is -2.33. The fourth-order valence-electron chi connectivity index (χ4n) is 0.789. The van der Waals surface area contributed by atoms with Crippen molar-refractivity contribution < 1.29 is 0 Å². The van der Waals surface area contributed by atoms with Gasteiger partial charge in [-0.25, -0.2) is 0 Å². The van der Waals surface area contributed by atoms with Crippen molar-refractivity contribution >= 4 is 0 Å². The van der Waals surface area contributed by atoms with Gasteiger partial charge in [-0.1, -0.05) is 27.7 Å². The molecule has 0 aliphatic rings. The summed E-state index contributed by atoms with van der Waals surface area (Å²) in [6, 6.07) is 0.310. The van der Waals surface area contributed by atoms with E-state index < -0.39 is 0 Å². The molecule has 0 bridgehead atoms. The molecule has 0 aromatic heterocycles. The normalized spacial score (nSPS) is 19.3. The van der Waals surface area contributed by atoms with E-state index in [0.29, 0.717) is 17.4 Å². The van der Waals surface area contributed by atoms with E-state index in [0.717, 1.165) is 0 Å². The third-order valence-electron chi connectivity index (χ3n) is 2.15. The summed E-state index contributed by atoms with van der Waals surface area (Å²) in [6.45, 7) is 10.9. The smallest absolute Gasteiger partial charge is 0.00411 e. The summed E-state index contributed by atoms with van der Waals surface area (Å²) in [4.78, 5) is 0. The summed E-state index contributed by atoms with van der Waals surface area (Å²) < 4.78 is 0. The Labute approximate surface area is 58.6 Å². The lowest BCUT2D eigenvalue weighted by atomic mass is 9.78. The van der Waals surface area contributed by atoms with Gasteiger partial charge in [-0.05, 0) is 18.3 Å². The standard InChI is InChI=1S/C8H19N/c1-6(7(2)9)8(3,4)5/h6-7H,9H2,1-5H3/t6-,7+/m1/s1. The second kappa shape index (κ2) is 2.70. The Balaban J connectivity index is 3.88. The molecule has 0 aromatic carbocycles. The van der Waals surface area contributed by atoms with Crippen molar-refractivity contribution in [3.05, 3.63) is 0 Å². The Morgan fingerprint density at radius 2 is 1.44 bits per heavy atom. The van der Waals surface area contributed by atoms with Crippen molar-refractivity contribution in [3.8, 4) is 0 Å². The molecule has 0 saturated carbocycles. The van der Waals surface area contributed by atoms with E-state index in [-0.39, 0.29) is 0 Å². The highest BCUT2D eigenvalue weighted by Gasteiger charge is 2.22. The molecule has 0 aromatic rings. The summed E-state index contributed by atoms with van der Waals surface area (Å²) >= 11 is 0. The predicted molar refractivity (Wildman–Crippen MR) is 42.3 cm³/mol. The highest BCUT2D eigenvalue weighted by molar-refractivity contribution is 4.75. The van der Waals surface area contributed by atoms with Gasteiger partial charge in [0.05, 0.1) is 0 Å². The third-order valence-corrected chi connectivity index (χ3v) is 2.15. The zero-order valence-corrected chi connectivity index (χ0v) is 7.23. The highest BCUT2D eigenvalue weighted by Crippen LogP contribution is 2.26. The lowest BCUT2D eigenvalue weighted by molar-refractivity contribution is 0.230. The lowest BCUT2D eigenvalue weighted by Gasteiger charge is -2.30. The van der Waals surface area contributed by atoms with Crippen LogP contribution in [-0.4, -0.2) is 6.04 Å². The van der Waals surface area contributed by atoms with E-state index in [1.165, 1.54) is 0 Å². The van der Waals surface area contributed by atoms with Crippen molar-refractivity contribution in [3.63, 3.8) is 0 Å². The Hall–Kier alpha value is -0.0400. The van der Waals surface area contributed by atoms with Crippen molar-refractivity contribution in [2.75, 3.05) is 0 Å². The van der Waals surface area contributed by atoms with Crippen molar-refractivity contribution in [1.29, 1.82) is 0 Å². The highest BCUT2D eigenvalue weighted by atomic mass is 14.6. The molecule has 0 aliphatic heterocycles. The minimum Gasteiger partial charge on any atom is -0.328 e. The molecule has 1 nitrogen and oxygen atoms in total. The third kappa shape index (κ3) is 2.85. The molecule has 0 saturated heterocycles. The molecule has 1 heteroatoms. The number of hydrogen-bond donors (Lipinski definition) is 1. The molecule has 0 amide bonds. The van der Waals surface area contributed by atoms with Gasteiger partial charge in [-0.2, -0.15) is 0 Å². The minimum absolute atomic E-state index is 0.310. The van der Waals surface area contributed by atoms with Crippen LogP contribution in [0.4, 0.5) is 0 Å². The monoisotopic (exact) mass is 129 g/mol. The van der Waals surface area contributed by atoms with Crippen LogP contribution in [0.25, 0.3) is 0 Å². The predicted octanol–water partition coefficient (Wildman–Crippen LogP) is 2.02. The molecule has 9 heavy (non-hydrogen) atoms. The first-order chi connectivity index (χ1) is 3.85. The van der Waals surface area contributed by atoms with Crippen LogP contribution >= 0.6 is 0 Å². The number of nitrogens with two attached hydrogens (primary N) is 1. The van der Waals surface area contributed by atoms with Gasteiger partial charge in [-0.15, -0.1) is 0 Å². The Kier molecular flexibility index (Phi) is 2.68. The van der Waals surface area contributed by atoms with Crippen LogP contribution in [0.1, 0.15) is 34.6 Å². The average molecular weight is 129 g/mol. The Morgan fingerprint density at radius 3 is 1.44 bits per heavy atom. The van der Waals surface area contributed by atoms with E-state index in [4.69, 9.17) is 5.73 Å². The maximum atomic E-state index is 5.72. The molecule has 0 radical (unpaired) electrons. The zero-order valence-electron chi connectivity index (χ0n) is 7.23. The number of rotatable bonds is 1. The molecule has 0 spiro atoms.